The lowest BCUT2D eigenvalue weighted by Gasteiger charge is -2.04. The zero-order chi connectivity index (χ0) is 10.9. The maximum atomic E-state index is 11.2. The summed E-state index contributed by atoms with van der Waals surface area (Å²) >= 11 is 0. The normalized spacial score (nSPS) is 10.2. The molecule has 1 heterocycles. The standard InChI is InChI=1S/C10H17N3O2/c1-2-15-6-4-10(14)12-5-3-9-7-11-8-13-9/h7-8H,2-6H2,1H3,(H,11,13)(H,12,14). The Hall–Kier alpha value is -1.36. The molecule has 0 aromatic carbocycles. The number of hydrogen-bond donors (Lipinski definition) is 2. The molecule has 2 N–H and O–H groups in total. The molecule has 0 aliphatic carbocycles. The van der Waals surface area contributed by atoms with Crippen molar-refractivity contribution < 1.29 is 9.53 Å². The molecule has 1 amide bonds. The molecule has 15 heavy (non-hydrogen) atoms. The molecule has 0 spiro atoms. The van der Waals surface area contributed by atoms with Crippen molar-refractivity contribution >= 4 is 5.91 Å². The summed E-state index contributed by atoms with van der Waals surface area (Å²) in [4.78, 5) is 18.1. The number of ether oxygens (including phenoxy) is 1. The third-order valence-electron chi connectivity index (χ3n) is 1.95. The van der Waals surface area contributed by atoms with Crippen molar-refractivity contribution in [2.45, 2.75) is 19.8 Å². The Labute approximate surface area is 89.2 Å². The van der Waals surface area contributed by atoms with Gasteiger partial charge in [0.25, 0.3) is 0 Å². The molecule has 1 aromatic heterocycles. The number of nitrogens with zero attached hydrogens (tertiary/aromatic N) is 1. The van der Waals surface area contributed by atoms with Crippen molar-refractivity contribution in [1.29, 1.82) is 0 Å². The summed E-state index contributed by atoms with van der Waals surface area (Å²) < 4.78 is 5.08. The van der Waals surface area contributed by atoms with Gasteiger partial charge in [-0.15, -0.1) is 0 Å². The van der Waals surface area contributed by atoms with E-state index in [1.807, 2.05) is 6.92 Å². The molecule has 0 bridgehead atoms. The quantitative estimate of drug-likeness (QED) is 0.645. The second-order valence-corrected chi connectivity index (χ2v) is 3.12. The fourth-order valence-electron chi connectivity index (χ4n) is 1.16. The third-order valence-corrected chi connectivity index (χ3v) is 1.95. The topological polar surface area (TPSA) is 67.0 Å². The van der Waals surface area contributed by atoms with Gasteiger partial charge in [-0.25, -0.2) is 4.98 Å². The SMILES string of the molecule is CCOCCC(=O)NCCc1cnc[nH]1. The number of H-pyrrole nitrogens is 1. The lowest BCUT2D eigenvalue weighted by Crippen LogP contribution is -2.26. The van der Waals surface area contributed by atoms with Crippen molar-refractivity contribution in [1.82, 2.24) is 15.3 Å². The number of amides is 1. The molecule has 0 aliphatic rings. The highest BCUT2D eigenvalue weighted by molar-refractivity contribution is 5.75. The van der Waals surface area contributed by atoms with Crippen LogP contribution in [-0.2, 0) is 16.0 Å². The average molecular weight is 211 g/mol. The summed E-state index contributed by atoms with van der Waals surface area (Å²) in [7, 11) is 0. The van der Waals surface area contributed by atoms with Gasteiger partial charge < -0.3 is 15.0 Å². The number of carbonyl (C=O) groups excluding carboxylic acids is 1. The van der Waals surface area contributed by atoms with Crippen molar-refractivity contribution in [3.63, 3.8) is 0 Å². The first-order chi connectivity index (χ1) is 7.33. The van der Waals surface area contributed by atoms with E-state index in [9.17, 15) is 4.79 Å². The highest BCUT2D eigenvalue weighted by atomic mass is 16.5. The van der Waals surface area contributed by atoms with Crippen molar-refractivity contribution in [3.05, 3.63) is 18.2 Å². The predicted octanol–water partition coefficient (Wildman–Crippen LogP) is 0.495. The maximum Gasteiger partial charge on any atom is 0.222 e. The zero-order valence-electron chi connectivity index (χ0n) is 8.95. The van der Waals surface area contributed by atoms with Crippen LogP contribution in [-0.4, -0.2) is 35.6 Å². The summed E-state index contributed by atoms with van der Waals surface area (Å²) in [6, 6.07) is 0. The fourth-order valence-corrected chi connectivity index (χ4v) is 1.16. The Morgan fingerprint density at radius 3 is 3.20 bits per heavy atom. The molecule has 5 heteroatoms. The van der Waals surface area contributed by atoms with Crippen molar-refractivity contribution in [3.8, 4) is 0 Å². The lowest BCUT2D eigenvalue weighted by molar-refractivity contribution is -0.122. The zero-order valence-corrected chi connectivity index (χ0v) is 8.95. The highest BCUT2D eigenvalue weighted by Gasteiger charge is 2.00. The van der Waals surface area contributed by atoms with Crippen LogP contribution in [0, 0.1) is 0 Å². The maximum absolute atomic E-state index is 11.2. The number of aromatic amines is 1. The smallest absolute Gasteiger partial charge is 0.222 e. The fraction of sp³-hybridized carbons (Fsp3) is 0.600. The largest absolute Gasteiger partial charge is 0.381 e. The average Bonchev–Trinajstić information content (AvgIpc) is 2.71. The van der Waals surface area contributed by atoms with Gasteiger partial charge in [0.2, 0.25) is 5.91 Å². The minimum absolute atomic E-state index is 0.0305. The van der Waals surface area contributed by atoms with Gasteiger partial charge in [-0.3, -0.25) is 4.79 Å². The summed E-state index contributed by atoms with van der Waals surface area (Å²) in [5.41, 5.74) is 1.03. The van der Waals surface area contributed by atoms with Gasteiger partial charge in [0.1, 0.15) is 0 Å². The van der Waals surface area contributed by atoms with Crippen LogP contribution in [0.25, 0.3) is 0 Å². The molecular formula is C10H17N3O2. The van der Waals surface area contributed by atoms with Gasteiger partial charge in [0, 0.05) is 37.9 Å². The Bertz CT molecular complexity index is 272. The van der Waals surface area contributed by atoms with Crippen LogP contribution in [0.2, 0.25) is 0 Å². The summed E-state index contributed by atoms with van der Waals surface area (Å²) in [5.74, 6) is 0.0305. The molecule has 0 radical (unpaired) electrons. The molecule has 1 rings (SSSR count). The minimum atomic E-state index is 0.0305. The van der Waals surface area contributed by atoms with Gasteiger partial charge in [0.05, 0.1) is 12.9 Å². The molecule has 0 fully saturated rings. The molecule has 0 unspecified atom stereocenters. The van der Waals surface area contributed by atoms with E-state index < -0.39 is 0 Å². The van der Waals surface area contributed by atoms with E-state index in [4.69, 9.17) is 4.74 Å². The summed E-state index contributed by atoms with van der Waals surface area (Å²) in [6.45, 7) is 3.69. The first-order valence-corrected chi connectivity index (χ1v) is 5.14. The first-order valence-electron chi connectivity index (χ1n) is 5.14. The van der Waals surface area contributed by atoms with E-state index in [0.29, 0.717) is 26.2 Å². The van der Waals surface area contributed by atoms with E-state index in [2.05, 4.69) is 15.3 Å². The minimum Gasteiger partial charge on any atom is -0.381 e. The Morgan fingerprint density at radius 2 is 2.53 bits per heavy atom. The number of imidazole rings is 1. The van der Waals surface area contributed by atoms with Crippen molar-refractivity contribution in [2.75, 3.05) is 19.8 Å². The van der Waals surface area contributed by atoms with Crippen LogP contribution in [0.5, 0.6) is 0 Å². The molecule has 1 aromatic rings. The van der Waals surface area contributed by atoms with Crippen LogP contribution in [0.1, 0.15) is 19.0 Å². The third kappa shape index (κ3) is 5.17. The monoisotopic (exact) mass is 211 g/mol. The van der Waals surface area contributed by atoms with E-state index in [1.165, 1.54) is 0 Å². The molecule has 0 saturated carbocycles. The van der Waals surface area contributed by atoms with E-state index >= 15 is 0 Å². The van der Waals surface area contributed by atoms with Gasteiger partial charge in [-0.05, 0) is 6.92 Å². The second-order valence-electron chi connectivity index (χ2n) is 3.12. The highest BCUT2D eigenvalue weighted by Crippen LogP contribution is 1.91. The summed E-state index contributed by atoms with van der Waals surface area (Å²) in [6.07, 6.45) is 4.59. The number of aromatic nitrogens is 2. The van der Waals surface area contributed by atoms with Crippen LogP contribution in [0.15, 0.2) is 12.5 Å². The molecule has 0 atom stereocenters. The Morgan fingerprint density at radius 1 is 1.67 bits per heavy atom. The Kier molecular flexibility index (Phi) is 5.47. The van der Waals surface area contributed by atoms with Crippen molar-refractivity contribution in [2.24, 2.45) is 0 Å². The number of hydrogen-bond acceptors (Lipinski definition) is 3. The first kappa shape index (κ1) is 11.7. The molecular weight excluding hydrogens is 194 g/mol. The Balaban J connectivity index is 2.02. The van der Waals surface area contributed by atoms with Crippen LogP contribution < -0.4 is 5.32 Å². The molecule has 0 saturated heterocycles. The van der Waals surface area contributed by atoms with Crippen LogP contribution >= 0.6 is 0 Å². The molecule has 0 aliphatic heterocycles. The van der Waals surface area contributed by atoms with Crippen LogP contribution in [0.4, 0.5) is 0 Å². The molecule has 5 nitrogen and oxygen atoms in total. The van der Waals surface area contributed by atoms with E-state index in [0.717, 1.165) is 12.1 Å². The van der Waals surface area contributed by atoms with Gasteiger partial charge in [-0.2, -0.15) is 0 Å². The number of nitrogens with one attached hydrogen (secondary N) is 2. The van der Waals surface area contributed by atoms with Gasteiger partial charge >= 0.3 is 0 Å². The number of rotatable bonds is 7. The van der Waals surface area contributed by atoms with Gasteiger partial charge in [-0.1, -0.05) is 0 Å². The predicted molar refractivity (Wildman–Crippen MR) is 56.4 cm³/mol. The molecule has 84 valence electrons. The lowest BCUT2D eigenvalue weighted by atomic mass is 10.3. The summed E-state index contributed by atoms with van der Waals surface area (Å²) in [5, 5.41) is 2.81. The van der Waals surface area contributed by atoms with Crippen LogP contribution in [0.3, 0.4) is 0 Å². The number of carbonyl (C=O) groups is 1. The van der Waals surface area contributed by atoms with E-state index in [-0.39, 0.29) is 5.91 Å². The van der Waals surface area contributed by atoms with E-state index in [1.54, 1.807) is 12.5 Å². The van der Waals surface area contributed by atoms with Gasteiger partial charge in [0.15, 0.2) is 0 Å². The second kappa shape index (κ2) is 7.00.